The molecule has 1 aliphatic heterocycles. The molecule has 142 valence electrons. The third-order valence-corrected chi connectivity index (χ3v) is 7.83. The predicted molar refractivity (Wildman–Crippen MR) is 104 cm³/mol. The highest BCUT2D eigenvalue weighted by atomic mass is 32.2. The number of aromatic nitrogens is 1. The zero-order chi connectivity index (χ0) is 18.6. The van der Waals surface area contributed by atoms with Crippen LogP contribution in [0.5, 0.6) is 5.75 Å². The van der Waals surface area contributed by atoms with E-state index in [1.165, 1.54) is 0 Å². The van der Waals surface area contributed by atoms with Gasteiger partial charge in [-0.1, -0.05) is 18.6 Å². The van der Waals surface area contributed by atoms with E-state index in [4.69, 9.17) is 4.65 Å². The van der Waals surface area contributed by atoms with E-state index in [0.717, 1.165) is 60.9 Å². The average Bonchev–Trinajstić information content (AvgIpc) is 3.02. The maximum Gasteiger partial charge on any atom is 0.552 e. The monoisotopic (exact) mass is 386 g/mol. The van der Waals surface area contributed by atoms with Crippen molar-refractivity contribution in [3.63, 3.8) is 0 Å². The molecular formula is C19H23BN2O4S. The molecule has 0 radical (unpaired) electrons. The van der Waals surface area contributed by atoms with E-state index in [-0.39, 0.29) is 17.7 Å². The second-order valence-corrected chi connectivity index (χ2v) is 9.95. The summed E-state index contributed by atoms with van der Waals surface area (Å²) in [6.07, 6.45) is 11.4. The number of nitrogens with one attached hydrogen (secondary N) is 1. The van der Waals surface area contributed by atoms with Gasteiger partial charge in [0.25, 0.3) is 0 Å². The van der Waals surface area contributed by atoms with Gasteiger partial charge in [0.2, 0.25) is 10.0 Å². The zero-order valence-corrected chi connectivity index (χ0v) is 15.9. The fourth-order valence-electron chi connectivity index (χ4n) is 4.55. The molecule has 1 aromatic heterocycles. The van der Waals surface area contributed by atoms with Gasteiger partial charge in [-0.15, -0.1) is 0 Å². The Morgan fingerprint density at radius 1 is 1.33 bits per heavy atom. The number of sulfonamides is 1. The minimum Gasteiger partial charge on any atom is -0.531 e. The molecule has 0 bridgehead atoms. The van der Waals surface area contributed by atoms with Crippen LogP contribution >= 0.6 is 0 Å². The Morgan fingerprint density at radius 2 is 2.15 bits per heavy atom. The van der Waals surface area contributed by atoms with Gasteiger partial charge in [0.1, 0.15) is 5.75 Å². The Kier molecular flexibility index (Phi) is 4.18. The van der Waals surface area contributed by atoms with Crippen molar-refractivity contribution in [1.82, 2.24) is 9.71 Å². The molecule has 0 saturated heterocycles. The number of nitrogens with zero attached hydrogens (tertiary/aromatic N) is 1. The molecule has 3 aliphatic carbocycles. The number of hydrogen-bond donors (Lipinski definition) is 2. The summed E-state index contributed by atoms with van der Waals surface area (Å²) in [6.45, 7) is 0. The molecule has 27 heavy (non-hydrogen) atoms. The van der Waals surface area contributed by atoms with Crippen molar-refractivity contribution in [3.05, 3.63) is 35.1 Å². The SMILES string of the molecule is O=S(=O)(CC1CCC1)NC1CC(C2=CB(O)Oc3cnc4c(c32)C=CC4)C1. The van der Waals surface area contributed by atoms with Gasteiger partial charge in [0.15, 0.2) is 0 Å². The first-order valence-electron chi connectivity index (χ1n) is 9.74. The van der Waals surface area contributed by atoms with E-state index in [1.807, 2.05) is 0 Å². The van der Waals surface area contributed by atoms with Gasteiger partial charge in [0.05, 0.1) is 17.6 Å². The van der Waals surface area contributed by atoms with Crippen molar-refractivity contribution in [3.8, 4) is 5.75 Å². The van der Waals surface area contributed by atoms with Crippen molar-refractivity contribution in [1.29, 1.82) is 0 Å². The average molecular weight is 386 g/mol. The minimum atomic E-state index is -3.20. The van der Waals surface area contributed by atoms with Crippen LogP contribution in [0.25, 0.3) is 11.6 Å². The maximum absolute atomic E-state index is 12.3. The quantitative estimate of drug-likeness (QED) is 0.756. The first kappa shape index (κ1) is 17.5. The number of pyridine rings is 1. The van der Waals surface area contributed by atoms with E-state index in [9.17, 15) is 13.4 Å². The van der Waals surface area contributed by atoms with Crippen LogP contribution in [0.15, 0.2) is 18.2 Å². The molecule has 0 atom stereocenters. The first-order valence-corrected chi connectivity index (χ1v) is 11.4. The molecule has 0 spiro atoms. The second kappa shape index (κ2) is 6.46. The van der Waals surface area contributed by atoms with Crippen LogP contribution in [-0.2, 0) is 16.4 Å². The summed E-state index contributed by atoms with van der Waals surface area (Å²) in [6, 6.07) is -0.0187. The highest BCUT2D eigenvalue weighted by molar-refractivity contribution is 7.89. The topological polar surface area (TPSA) is 88.5 Å². The number of hydrogen-bond acceptors (Lipinski definition) is 5. The second-order valence-electron chi connectivity index (χ2n) is 8.16. The highest BCUT2D eigenvalue weighted by Gasteiger charge is 2.40. The highest BCUT2D eigenvalue weighted by Crippen LogP contribution is 2.46. The summed E-state index contributed by atoms with van der Waals surface area (Å²) in [5.41, 5.74) is 4.17. The minimum absolute atomic E-state index is 0.0187. The molecule has 4 aliphatic rings. The van der Waals surface area contributed by atoms with Crippen LogP contribution in [0.3, 0.4) is 0 Å². The first-order chi connectivity index (χ1) is 13.0. The normalized spacial score (nSPS) is 26.6. The summed E-state index contributed by atoms with van der Waals surface area (Å²) in [5, 5.41) is 10.1. The van der Waals surface area contributed by atoms with Crippen molar-refractivity contribution in [2.75, 3.05) is 5.75 Å². The lowest BCUT2D eigenvalue weighted by atomic mass is 9.68. The summed E-state index contributed by atoms with van der Waals surface area (Å²) >= 11 is 0. The Bertz CT molecular complexity index is 933. The standard InChI is InChI=1S/C19H23BN2O4S/c23-20-9-16(19-15-5-2-6-17(15)21-10-18(19)26-20)13-7-14(8-13)22-27(24,25)11-12-3-1-4-12/h2,5,9-10,12-14,22-23H,1,3-4,6-8,11H2. The summed E-state index contributed by atoms with van der Waals surface area (Å²) in [4.78, 5) is 4.43. The molecule has 2 N–H and O–H groups in total. The van der Waals surface area contributed by atoms with Crippen LogP contribution in [-0.4, -0.2) is 37.3 Å². The zero-order valence-electron chi connectivity index (χ0n) is 15.1. The van der Waals surface area contributed by atoms with Gasteiger partial charge >= 0.3 is 7.12 Å². The summed E-state index contributed by atoms with van der Waals surface area (Å²) in [7, 11) is -4.18. The Hall–Kier alpha value is -1.64. The lowest BCUT2D eigenvalue weighted by Crippen LogP contribution is -2.47. The summed E-state index contributed by atoms with van der Waals surface area (Å²) in [5.74, 6) is 3.19. The van der Waals surface area contributed by atoms with E-state index in [2.05, 4.69) is 21.9 Å². The van der Waals surface area contributed by atoms with Crippen molar-refractivity contribution in [2.24, 2.45) is 11.8 Å². The van der Waals surface area contributed by atoms with E-state index >= 15 is 0 Å². The molecular weight excluding hydrogens is 363 g/mol. The number of rotatable bonds is 5. The summed E-state index contributed by atoms with van der Waals surface area (Å²) < 4.78 is 33.1. The van der Waals surface area contributed by atoms with Gasteiger partial charge in [-0.05, 0) is 49.1 Å². The molecule has 2 heterocycles. The number of fused-ring (bicyclic) bond motifs is 3. The molecule has 0 amide bonds. The molecule has 2 saturated carbocycles. The van der Waals surface area contributed by atoms with Crippen molar-refractivity contribution < 1.29 is 18.1 Å². The number of allylic oxidation sites excluding steroid dienone is 2. The molecule has 1 aromatic rings. The van der Waals surface area contributed by atoms with Gasteiger partial charge in [-0.3, -0.25) is 4.98 Å². The van der Waals surface area contributed by atoms with Crippen LogP contribution in [0.4, 0.5) is 0 Å². The van der Waals surface area contributed by atoms with Gasteiger partial charge in [0, 0.05) is 23.6 Å². The largest absolute Gasteiger partial charge is 0.552 e. The molecule has 0 aromatic carbocycles. The lowest BCUT2D eigenvalue weighted by Gasteiger charge is -2.39. The Labute approximate surface area is 159 Å². The fraction of sp³-hybridized carbons (Fsp3) is 0.526. The van der Waals surface area contributed by atoms with Gasteiger partial charge in [-0.2, -0.15) is 0 Å². The van der Waals surface area contributed by atoms with Crippen LogP contribution in [0.1, 0.15) is 48.9 Å². The molecule has 6 nitrogen and oxygen atoms in total. The maximum atomic E-state index is 12.3. The van der Waals surface area contributed by atoms with Crippen LogP contribution in [0.2, 0.25) is 0 Å². The molecule has 5 rings (SSSR count). The van der Waals surface area contributed by atoms with E-state index in [1.54, 1.807) is 12.2 Å². The third kappa shape index (κ3) is 3.24. The van der Waals surface area contributed by atoms with Crippen molar-refractivity contribution >= 4 is 28.8 Å². The Morgan fingerprint density at radius 3 is 2.89 bits per heavy atom. The van der Waals surface area contributed by atoms with E-state index < -0.39 is 17.1 Å². The smallest absolute Gasteiger partial charge is 0.531 e. The molecule has 0 unspecified atom stereocenters. The Balaban J connectivity index is 1.31. The fourth-order valence-corrected chi connectivity index (χ4v) is 6.30. The lowest BCUT2D eigenvalue weighted by molar-refractivity contribution is 0.303. The third-order valence-electron chi connectivity index (χ3n) is 6.22. The molecule has 8 heteroatoms. The predicted octanol–water partition coefficient (Wildman–Crippen LogP) is 1.94. The van der Waals surface area contributed by atoms with Gasteiger partial charge in [-0.25, -0.2) is 13.1 Å². The van der Waals surface area contributed by atoms with Crippen molar-refractivity contribution in [2.45, 2.75) is 44.6 Å². The van der Waals surface area contributed by atoms with Crippen LogP contribution < -0.4 is 9.38 Å². The van der Waals surface area contributed by atoms with Gasteiger partial charge < -0.3 is 9.68 Å². The van der Waals surface area contributed by atoms with E-state index in [0.29, 0.717) is 11.7 Å². The molecule has 2 fully saturated rings. The van der Waals surface area contributed by atoms with Crippen LogP contribution in [0, 0.1) is 11.8 Å².